The van der Waals surface area contributed by atoms with E-state index in [1.165, 1.54) is 6.08 Å². The van der Waals surface area contributed by atoms with Crippen LogP contribution in [0.15, 0.2) is 12.2 Å². The van der Waals surface area contributed by atoms with Gasteiger partial charge in [-0.2, -0.15) is 21.6 Å². The van der Waals surface area contributed by atoms with Crippen LogP contribution in [0, 0.1) is 17.8 Å². The van der Waals surface area contributed by atoms with Gasteiger partial charge in [0.05, 0.1) is 11.8 Å². The number of halogens is 3. The van der Waals surface area contributed by atoms with E-state index in [-0.39, 0.29) is 6.42 Å². The molecule has 21 heavy (non-hydrogen) atoms. The lowest BCUT2D eigenvalue weighted by atomic mass is 9.80. The van der Waals surface area contributed by atoms with Crippen molar-refractivity contribution in [3.8, 4) is 0 Å². The number of rotatable bonds is 4. The summed E-state index contributed by atoms with van der Waals surface area (Å²) in [6.07, 6.45) is 2.04. The van der Waals surface area contributed by atoms with Crippen LogP contribution in [0.4, 0.5) is 13.2 Å². The second-order valence-corrected chi connectivity index (χ2v) is 6.51. The van der Waals surface area contributed by atoms with Crippen molar-refractivity contribution in [3.05, 3.63) is 12.2 Å². The van der Waals surface area contributed by atoms with Crippen molar-refractivity contribution in [3.63, 3.8) is 0 Å². The quantitative estimate of drug-likeness (QED) is 0.404. The standard InChI is InChI=1S/C10H11F3N2O5S/c11-10(12,13)21(18,19)20-9-2-1-4(3-9)5(7(14)16)6(9)8(15)17/h1-2,4-6H,3H2,(H2,14,16)(H2,15,17). The summed E-state index contributed by atoms with van der Waals surface area (Å²) in [5, 5.41) is 0. The van der Waals surface area contributed by atoms with E-state index in [0.717, 1.165) is 6.08 Å². The number of fused-ring (bicyclic) bond motifs is 2. The maximum atomic E-state index is 12.4. The van der Waals surface area contributed by atoms with Crippen molar-refractivity contribution in [2.75, 3.05) is 0 Å². The Balaban J connectivity index is 2.45. The zero-order chi connectivity index (χ0) is 16.2. The molecule has 7 nitrogen and oxygen atoms in total. The summed E-state index contributed by atoms with van der Waals surface area (Å²) in [4.78, 5) is 22.8. The average molecular weight is 328 g/mol. The third-order valence-electron chi connectivity index (χ3n) is 3.71. The lowest BCUT2D eigenvalue weighted by molar-refractivity contribution is -0.135. The van der Waals surface area contributed by atoms with E-state index < -0.39 is 50.8 Å². The van der Waals surface area contributed by atoms with Gasteiger partial charge in [0.1, 0.15) is 5.60 Å². The summed E-state index contributed by atoms with van der Waals surface area (Å²) in [7, 11) is -5.95. The van der Waals surface area contributed by atoms with Crippen LogP contribution >= 0.6 is 0 Å². The molecule has 11 heteroatoms. The molecule has 2 aliphatic rings. The third kappa shape index (κ3) is 2.29. The Labute approximate surface area is 117 Å². The van der Waals surface area contributed by atoms with Gasteiger partial charge in [-0.3, -0.25) is 13.8 Å². The molecule has 118 valence electrons. The summed E-state index contributed by atoms with van der Waals surface area (Å²) in [6, 6.07) is 0. The first-order valence-electron chi connectivity index (χ1n) is 5.71. The van der Waals surface area contributed by atoms with E-state index in [2.05, 4.69) is 4.18 Å². The number of allylic oxidation sites excluding steroid dienone is 1. The van der Waals surface area contributed by atoms with Crippen molar-refractivity contribution in [2.45, 2.75) is 17.5 Å². The molecule has 0 aromatic rings. The molecule has 1 fully saturated rings. The maximum Gasteiger partial charge on any atom is 0.523 e. The fourth-order valence-electron chi connectivity index (χ4n) is 2.98. The second kappa shape index (κ2) is 4.44. The van der Waals surface area contributed by atoms with E-state index in [4.69, 9.17) is 11.5 Å². The molecule has 4 unspecified atom stereocenters. The van der Waals surface area contributed by atoms with Gasteiger partial charge in [0.2, 0.25) is 11.8 Å². The van der Waals surface area contributed by atoms with Crippen LogP contribution in [0.1, 0.15) is 6.42 Å². The molecule has 2 aliphatic carbocycles. The number of carbonyl (C=O) groups is 2. The van der Waals surface area contributed by atoms with E-state index in [1.54, 1.807) is 0 Å². The van der Waals surface area contributed by atoms with E-state index in [0.29, 0.717) is 0 Å². The van der Waals surface area contributed by atoms with E-state index in [1.807, 2.05) is 0 Å². The van der Waals surface area contributed by atoms with Crippen LogP contribution in [0.25, 0.3) is 0 Å². The number of primary amides is 2. The number of alkyl halides is 3. The number of hydrogen-bond donors (Lipinski definition) is 2. The first kappa shape index (κ1) is 15.8. The minimum atomic E-state index is -5.95. The molecule has 0 aliphatic heterocycles. The number of amides is 2. The molecule has 0 heterocycles. The monoisotopic (exact) mass is 328 g/mol. The van der Waals surface area contributed by atoms with E-state index >= 15 is 0 Å². The van der Waals surface area contributed by atoms with Crippen LogP contribution in [0.3, 0.4) is 0 Å². The molecule has 2 bridgehead atoms. The van der Waals surface area contributed by atoms with Gasteiger partial charge in [0.25, 0.3) is 0 Å². The zero-order valence-electron chi connectivity index (χ0n) is 10.3. The summed E-state index contributed by atoms with van der Waals surface area (Å²) in [5.74, 6) is -5.56. The van der Waals surface area contributed by atoms with Crippen LogP contribution < -0.4 is 11.5 Å². The predicted octanol–water partition coefficient (Wildman–Crippen LogP) is -0.616. The summed E-state index contributed by atoms with van der Waals surface area (Å²) in [5.41, 5.74) is 2.43. The topological polar surface area (TPSA) is 130 Å². The molecular weight excluding hydrogens is 317 g/mol. The largest absolute Gasteiger partial charge is 0.523 e. The van der Waals surface area contributed by atoms with Crippen LogP contribution in [0.2, 0.25) is 0 Å². The van der Waals surface area contributed by atoms with Crippen LogP contribution in [-0.2, 0) is 23.9 Å². The highest BCUT2D eigenvalue weighted by Gasteiger charge is 2.64. The second-order valence-electron chi connectivity index (χ2n) is 4.97. The highest BCUT2D eigenvalue weighted by atomic mass is 32.2. The predicted molar refractivity (Wildman–Crippen MR) is 61.4 cm³/mol. The average Bonchev–Trinajstić information content (AvgIpc) is 2.80. The smallest absolute Gasteiger partial charge is 0.369 e. The van der Waals surface area contributed by atoms with Gasteiger partial charge in [-0.05, 0) is 12.3 Å². The first-order chi connectivity index (χ1) is 9.41. The van der Waals surface area contributed by atoms with Crippen molar-refractivity contribution in [1.82, 2.24) is 0 Å². The molecule has 0 saturated heterocycles. The number of carbonyl (C=O) groups excluding carboxylic acids is 2. The number of hydrogen-bond acceptors (Lipinski definition) is 5. The third-order valence-corrected chi connectivity index (χ3v) is 4.81. The highest BCUT2D eigenvalue weighted by Crippen LogP contribution is 2.54. The Hall–Kier alpha value is -1.62. The molecular formula is C10H11F3N2O5S. The Morgan fingerprint density at radius 3 is 2.24 bits per heavy atom. The van der Waals surface area contributed by atoms with Gasteiger partial charge in [0, 0.05) is 0 Å². The molecule has 4 atom stereocenters. The fraction of sp³-hybridized carbons (Fsp3) is 0.600. The summed E-state index contributed by atoms with van der Waals surface area (Å²) >= 11 is 0. The maximum absolute atomic E-state index is 12.4. The van der Waals surface area contributed by atoms with Crippen molar-refractivity contribution < 1.29 is 35.4 Å². The Kier molecular flexibility index (Phi) is 3.33. The lowest BCUT2D eigenvalue weighted by Gasteiger charge is -2.32. The Morgan fingerprint density at radius 2 is 1.81 bits per heavy atom. The van der Waals surface area contributed by atoms with Gasteiger partial charge < -0.3 is 11.5 Å². The summed E-state index contributed by atoms with van der Waals surface area (Å²) in [6.45, 7) is 0. The SMILES string of the molecule is NC(=O)C1C2C=CC(OS(=O)(=O)C(F)(F)F)(C2)C1C(N)=O. The van der Waals surface area contributed by atoms with Crippen molar-refractivity contribution in [2.24, 2.45) is 29.2 Å². The molecule has 1 saturated carbocycles. The van der Waals surface area contributed by atoms with Crippen molar-refractivity contribution in [1.29, 1.82) is 0 Å². The summed E-state index contributed by atoms with van der Waals surface area (Å²) < 4.78 is 64.0. The highest BCUT2D eigenvalue weighted by molar-refractivity contribution is 7.87. The zero-order valence-corrected chi connectivity index (χ0v) is 11.1. The lowest BCUT2D eigenvalue weighted by Crippen LogP contribution is -2.50. The molecule has 4 N–H and O–H groups in total. The van der Waals surface area contributed by atoms with Crippen LogP contribution in [0.5, 0.6) is 0 Å². The molecule has 0 aromatic heterocycles. The van der Waals surface area contributed by atoms with Gasteiger partial charge in [-0.15, -0.1) is 0 Å². The molecule has 0 aromatic carbocycles. The van der Waals surface area contributed by atoms with Gasteiger partial charge in [-0.25, -0.2) is 0 Å². The molecule has 0 radical (unpaired) electrons. The minimum absolute atomic E-state index is 0.288. The number of nitrogens with two attached hydrogens (primary N) is 2. The van der Waals surface area contributed by atoms with Gasteiger partial charge in [0.15, 0.2) is 0 Å². The molecule has 0 spiro atoms. The minimum Gasteiger partial charge on any atom is -0.369 e. The molecule has 2 amide bonds. The first-order valence-corrected chi connectivity index (χ1v) is 7.12. The van der Waals surface area contributed by atoms with E-state index in [9.17, 15) is 31.2 Å². The Morgan fingerprint density at radius 1 is 1.24 bits per heavy atom. The normalized spacial score (nSPS) is 35.1. The van der Waals surface area contributed by atoms with Crippen molar-refractivity contribution >= 4 is 21.9 Å². The molecule has 2 rings (SSSR count). The Bertz CT molecular complexity index is 629. The fourth-order valence-corrected chi connectivity index (χ4v) is 3.71. The van der Waals surface area contributed by atoms with Gasteiger partial charge >= 0.3 is 15.6 Å². The van der Waals surface area contributed by atoms with Gasteiger partial charge in [-0.1, -0.05) is 12.2 Å². The van der Waals surface area contributed by atoms with Crippen LogP contribution in [-0.4, -0.2) is 31.3 Å².